The summed E-state index contributed by atoms with van der Waals surface area (Å²) in [7, 11) is 0. The van der Waals surface area contributed by atoms with Gasteiger partial charge in [0.15, 0.2) is 0 Å². The number of nitrogens with zero attached hydrogens (tertiary/aromatic N) is 1. The average Bonchev–Trinajstić information content (AvgIpc) is 2.69. The lowest BCUT2D eigenvalue weighted by Gasteiger charge is -2.24. The monoisotopic (exact) mass is 419 g/mol. The molecule has 3 amide bonds. The van der Waals surface area contributed by atoms with Crippen LogP contribution in [0.1, 0.15) is 24.2 Å². The van der Waals surface area contributed by atoms with E-state index < -0.39 is 29.1 Å². The molecule has 1 aliphatic heterocycles. The predicted molar refractivity (Wildman–Crippen MR) is 107 cm³/mol. The van der Waals surface area contributed by atoms with Crippen molar-refractivity contribution >= 4 is 40.9 Å². The largest absolute Gasteiger partial charge is 0.330 e. The summed E-state index contributed by atoms with van der Waals surface area (Å²) in [5, 5.41) is 4.70. The van der Waals surface area contributed by atoms with Crippen molar-refractivity contribution < 1.29 is 23.2 Å². The van der Waals surface area contributed by atoms with Crippen LogP contribution in [0.5, 0.6) is 0 Å². The minimum absolute atomic E-state index is 0.147. The molecule has 0 spiro atoms. The molecule has 29 heavy (non-hydrogen) atoms. The maximum Gasteiger partial charge on any atom is 0.254 e. The summed E-state index contributed by atoms with van der Waals surface area (Å²) >= 11 is 1.40. The van der Waals surface area contributed by atoms with Gasteiger partial charge in [0.1, 0.15) is 23.9 Å². The van der Waals surface area contributed by atoms with Gasteiger partial charge in [-0.3, -0.25) is 14.4 Å². The fraction of sp³-hybridized carbons (Fsp3) is 0.250. The number of rotatable bonds is 5. The van der Waals surface area contributed by atoms with Gasteiger partial charge in [0.25, 0.3) is 5.91 Å². The number of thioether (sulfide) groups is 1. The number of anilines is 2. The minimum atomic E-state index is -0.898. The number of amides is 3. The Labute approximate surface area is 170 Å². The third kappa shape index (κ3) is 4.56. The summed E-state index contributed by atoms with van der Waals surface area (Å²) in [6.45, 7) is 3.31. The Bertz CT molecular complexity index is 963. The van der Waals surface area contributed by atoms with E-state index in [0.717, 1.165) is 17.0 Å². The Kier molecular flexibility index (Phi) is 6.17. The fourth-order valence-corrected chi connectivity index (χ4v) is 3.75. The number of carbonyl (C=O) groups is 3. The van der Waals surface area contributed by atoms with Crippen molar-refractivity contribution in [1.82, 2.24) is 4.90 Å². The third-order valence-electron chi connectivity index (χ3n) is 4.39. The van der Waals surface area contributed by atoms with Gasteiger partial charge in [-0.05, 0) is 44.2 Å². The highest BCUT2D eigenvalue weighted by atomic mass is 32.2. The van der Waals surface area contributed by atoms with Crippen molar-refractivity contribution in [2.45, 2.75) is 24.0 Å². The van der Waals surface area contributed by atoms with E-state index in [1.807, 2.05) is 0 Å². The molecule has 1 aliphatic rings. The highest BCUT2D eigenvalue weighted by Gasteiger charge is 2.25. The number of likely N-dealkylation sites (N-methyl/N-ethyl adjacent to an activating group) is 1. The molecule has 2 N–H and O–H groups in total. The van der Waals surface area contributed by atoms with E-state index in [9.17, 15) is 23.2 Å². The molecule has 0 unspecified atom stereocenters. The smallest absolute Gasteiger partial charge is 0.254 e. The van der Waals surface area contributed by atoms with E-state index >= 15 is 0 Å². The SMILES string of the molecule is CCN(CC(=O)Nc1c(F)cccc1F)C(=O)c1ccc2c(c1)NC(=O)[C@H](C)S2. The van der Waals surface area contributed by atoms with Crippen molar-refractivity contribution in [2.24, 2.45) is 0 Å². The number of halogens is 2. The number of hydrogen-bond donors (Lipinski definition) is 2. The lowest BCUT2D eigenvalue weighted by atomic mass is 10.1. The molecule has 0 aromatic heterocycles. The van der Waals surface area contributed by atoms with Crippen LogP contribution in [-0.4, -0.2) is 41.0 Å². The molecule has 6 nitrogen and oxygen atoms in total. The normalized spacial score (nSPS) is 15.3. The molecule has 0 bridgehead atoms. The Morgan fingerprint density at radius 1 is 1.21 bits per heavy atom. The second-order valence-electron chi connectivity index (χ2n) is 6.42. The van der Waals surface area contributed by atoms with Crippen molar-refractivity contribution in [3.8, 4) is 0 Å². The highest BCUT2D eigenvalue weighted by molar-refractivity contribution is 8.00. The number of benzene rings is 2. The standard InChI is InChI=1S/C20H19F2N3O3S/c1-3-25(10-17(26)24-18-13(21)5-4-6-14(18)22)20(28)12-7-8-16-15(9-12)23-19(27)11(2)29-16/h4-9,11H,3,10H2,1-2H3,(H,23,27)(H,24,26)/t11-/m0/s1. The number of carbonyl (C=O) groups excluding carboxylic acids is 3. The van der Waals surface area contributed by atoms with Gasteiger partial charge in [0.05, 0.1) is 10.9 Å². The molecule has 9 heteroatoms. The van der Waals surface area contributed by atoms with Gasteiger partial charge in [-0.25, -0.2) is 8.78 Å². The predicted octanol–water partition coefficient (Wildman–Crippen LogP) is 3.50. The molecular formula is C20H19F2N3O3S. The molecule has 1 heterocycles. The van der Waals surface area contributed by atoms with Crippen molar-refractivity contribution in [3.05, 3.63) is 53.6 Å². The van der Waals surface area contributed by atoms with E-state index in [1.165, 1.54) is 22.7 Å². The number of para-hydroxylation sites is 1. The van der Waals surface area contributed by atoms with Crippen molar-refractivity contribution in [2.75, 3.05) is 23.7 Å². The molecule has 2 aromatic rings. The van der Waals surface area contributed by atoms with E-state index in [2.05, 4.69) is 10.6 Å². The molecule has 0 fully saturated rings. The zero-order chi connectivity index (χ0) is 21.1. The second kappa shape index (κ2) is 8.60. The lowest BCUT2D eigenvalue weighted by Crippen LogP contribution is -2.38. The van der Waals surface area contributed by atoms with Crippen LogP contribution in [-0.2, 0) is 9.59 Å². The van der Waals surface area contributed by atoms with Crippen LogP contribution < -0.4 is 10.6 Å². The second-order valence-corrected chi connectivity index (χ2v) is 7.81. The summed E-state index contributed by atoms with van der Waals surface area (Å²) in [5.41, 5.74) is 0.285. The highest BCUT2D eigenvalue weighted by Crippen LogP contribution is 2.36. The zero-order valence-electron chi connectivity index (χ0n) is 15.8. The summed E-state index contributed by atoms with van der Waals surface area (Å²) < 4.78 is 27.4. The molecule has 2 aromatic carbocycles. The Morgan fingerprint density at radius 3 is 2.55 bits per heavy atom. The molecule has 0 radical (unpaired) electrons. The van der Waals surface area contributed by atoms with Crippen LogP contribution in [0.2, 0.25) is 0 Å². The average molecular weight is 419 g/mol. The first kappa shape index (κ1) is 20.8. The maximum absolute atomic E-state index is 13.7. The molecule has 0 saturated carbocycles. The Morgan fingerprint density at radius 2 is 1.90 bits per heavy atom. The first-order valence-corrected chi connectivity index (χ1v) is 9.82. The molecule has 1 atom stereocenters. The molecule has 0 aliphatic carbocycles. The van der Waals surface area contributed by atoms with Crippen LogP contribution in [0, 0.1) is 11.6 Å². The van der Waals surface area contributed by atoms with E-state index in [4.69, 9.17) is 0 Å². The number of fused-ring (bicyclic) bond motifs is 1. The van der Waals surface area contributed by atoms with Crippen LogP contribution in [0.25, 0.3) is 0 Å². The quantitative estimate of drug-likeness (QED) is 0.778. The van der Waals surface area contributed by atoms with E-state index in [-0.39, 0.29) is 24.2 Å². The van der Waals surface area contributed by atoms with Gasteiger partial charge in [-0.15, -0.1) is 11.8 Å². The number of nitrogens with one attached hydrogen (secondary N) is 2. The third-order valence-corrected chi connectivity index (χ3v) is 5.57. The lowest BCUT2D eigenvalue weighted by molar-refractivity contribution is -0.117. The van der Waals surface area contributed by atoms with Gasteiger partial charge in [-0.2, -0.15) is 0 Å². The molecule has 152 valence electrons. The van der Waals surface area contributed by atoms with Gasteiger partial charge >= 0.3 is 0 Å². The molecule has 0 saturated heterocycles. The van der Waals surface area contributed by atoms with Gasteiger partial charge in [0.2, 0.25) is 11.8 Å². The summed E-state index contributed by atoms with van der Waals surface area (Å²) in [5.74, 6) is -3.10. The Balaban J connectivity index is 1.73. The van der Waals surface area contributed by atoms with Crippen LogP contribution in [0.4, 0.5) is 20.2 Å². The van der Waals surface area contributed by atoms with Gasteiger partial charge in [-0.1, -0.05) is 6.07 Å². The zero-order valence-corrected chi connectivity index (χ0v) is 16.6. The first-order chi connectivity index (χ1) is 13.8. The van der Waals surface area contributed by atoms with Crippen molar-refractivity contribution in [1.29, 1.82) is 0 Å². The number of hydrogen-bond acceptors (Lipinski definition) is 4. The van der Waals surface area contributed by atoms with E-state index in [1.54, 1.807) is 32.0 Å². The summed E-state index contributed by atoms with van der Waals surface area (Å²) in [6.07, 6.45) is 0. The Hall–Kier alpha value is -2.94. The van der Waals surface area contributed by atoms with Crippen LogP contribution in [0.15, 0.2) is 41.3 Å². The van der Waals surface area contributed by atoms with E-state index in [0.29, 0.717) is 11.3 Å². The van der Waals surface area contributed by atoms with Crippen molar-refractivity contribution in [3.63, 3.8) is 0 Å². The minimum Gasteiger partial charge on any atom is -0.330 e. The fourth-order valence-electron chi connectivity index (χ4n) is 2.82. The van der Waals surface area contributed by atoms with Gasteiger partial charge in [0, 0.05) is 17.0 Å². The van der Waals surface area contributed by atoms with Crippen LogP contribution in [0.3, 0.4) is 0 Å². The van der Waals surface area contributed by atoms with Gasteiger partial charge < -0.3 is 15.5 Å². The van der Waals surface area contributed by atoms with Crippen LogP contribution >= 0.6 is 11.8 Å². The summed E-state index contributed by atoms with van der Waals surface area (Å²) in [4.78, 5) is 39.0. The first-order valence-electron chi connectivity index (χ1n) is 8.94. The molecular weight excluding hydrogens is 400 g/mol. The summed E-state index contributed by atoms with van der Waals surface area (Å²) in [6, 6.07) is 8.17. The maximum atomic E-state index is 13.7. The topological polar surface area (TPSA) is 78.5 Å². The molecule has 3 rings (SSSR count).